The van der Waals surface area contributed by atoms with Crippen LogP contribution in [-0.4, -0.2) is 27.1 Å². The Balaban J connectivity index is 1.96. The second-order valence-electron chi connectivity index (χ2n) is 5.64. The minimum Gasteiger partial charge on any atom is -0.461 e. The summed E-state index contributed by atoms with van der Waals surface area (Å²) in [4.78, 5) is 26.2. The van der Waals surface area contributed by atoms with Crippen molar-refractivity contribution in [2.75, 3.05) is 6.61 Å². The highest BCUT2D eigenvalue weighted by molar-refractivity contribution is 5.97. The van der Waals surface area contributed by atoms with Gasteiger partial charge in [-0.2, -0.15) is 0 Å². The summed E-state index contributed by atoms with van der Waals surface area (Å²) in [5.74, 6) is 0.421. The summed E-state index contributed by atoms with van der Waals surface area (Å²) in [6, 6.07) is 8.15. The lowest BCUT2D eigenvalue weighted by Gasteiger charge is -2.09. The third kappa shape index (κ3) is 3.08. The molecule has 0 spiro atoms. The van der Waals surface area contributed by atoms with Gasteiger partial charge in [0.2, 0.25) is 5.88 Å². The number of aryl methyl sites for hydroxylation is 2. The van der Waals surface area contributed by atoms with Gasteiger partial charge in [-0.1, -0.05) is 0 Å². The van der Waals surface area contributed by atoms with Crippen LogP contribution in [-0.2, 0) is 11.8 Å². The van der Waals surface area contributed by atoms with E-state index in [1.165, 1.54) is 12.1 Å². The Morgan fingerprint density at radius 2 is 2.08 bits per heavy atom. The number of fused-ring (bicyclic) bond motifs is 1. The number of benzene rings is 1. The van der Waals surface area contributed by atoms with Gasteiger partial charge in [-0.3, -0.25) is 10.1 Å². The SMILES string of the molecule is CCOC(=O)c1cc2c(C)c(Oc3ccc([N+](=O)[O-])cn3)ccc2n1C. The standard InChI is InChI=1S/C18H17N3O5/c1-4-25-18(22)15-9-13-11(2)16(7-6-14(13)20(15)3)26-17-8-5-12(10-19-17)21(23)24/h5-10H,4H2,1-3H3. The molecule has 0 radical (unpaired) electrons. The van der Waals surface area contributed by atoms with Crippen molar-refractivity contribution in [2.45, 2.75) is 13.8 Å². The molecule has 0 aliphatic carbocycles. The van der Waals surface area contributed by atoms with Gasteiger partial charge in [0.25, 0.3) is 5.69 Å². The molecule has 0 saturated heterocycles. The molecule has 8 nitrogen and oxygen atoms in total. The monoisotopic (exact) mass is 355 g/mol. The van der Waals surface area contributed by atoms with Crippen LogP contribution in [0.4, 0.5) is 5.69 Å². The number of hydrogen-bond donors (Lipinski definition) is 0. The number of carbonyl (C=O) groups is 1. The molecule has 0 amide bonds. The number of nitro groups is 1. The number of carbonyl (C=O) groups excluding carboxylic acids is 1. The zero-order chi connectivity index (χ0) is 18.8. The van der Waals surface area contributed by atoms with Crippen molar-refractivity contribution in [3.63, 3.8) is 0 Å². The lowest BCUT2D eigenvalue weighted by Crippen LogP contribution is -2.09. The number of esters is 1. The fourth-order valence-corrected chi connectivity index (χ4v) is 2.70. The molecule has 0 N–H and O–H groups in total. The smallest absolute Gasteiger partial charge is 0.354 e. The molecule has 0 aliphatic heterocycles. The van der Waals surface area contributed by atoms with Crippen LogP contribution in [0.3, 0.4) is 0 Å². The summed E-state index contributed by atoms with van der Waals surface area (Å²) in [5, 5.41) is 11.5. The van der Waals surface area contributed by atoms with Crippen molar-refractivity contribution in [1.29, 1.82) is 0 Å². The van der Waals surface area contributed by atoms with Crippen molar-refractivity contribution < 1.29 is 19.2 Å². The maximum Gasteiger partial charge on any atom is 0.354 e. The maximum absolute atomic E-state index is 12.1. The van der Waals surface area contributed by atoms with E-state index in [9.17, 15) is 14.9 Å². The van der Waals surface area contributed by atoms with Crippen LogP contribution in [0.5, 0.6) is 11.6 Å². The minimum atomic E-state index is -0.519. The molecule has 3 aromatic rings. The van der Waals surface area contributed by atoms with Gasteiger partial charge in [0.05, 0.1) is 11.5 Å². The quantitative estimate of drug-likeness (QED) is 0.393. The fraction of sp³-hybridized carbons (Fsp3) is 0.222. The Morgan fingerprint density at radius 1 is 1.31 bits per heavy atom. The first-order chi connectivity index (χ1) is 12.4. The van der Waals surface area contributed by atoms with E-state index in [1.54, 1.807) is 30.7 Å². The molecule has 0 unspecified atom stereocenters. The highest BCUT2D eigenvalue weighted by Gasteiger charge is 2.17. The molecular weight excluding hydrogens is 338 g/mol. The van der Waals surface area contributed by atoms with Gasteiger partial charge in [-0.05, 0) is 32.0 Å². The van der Waals surface area contributed by atoms with Crippen molar-refractivity contribution >= 4 is 22.6 Å². The summed E-state index contributed by atoms with van der Waals surface area (Å²) in [5.41, 5.74) is 2.05. The lowest BCUT2D eigenvalue weighted by atomic mass is 10.1. The van der Waals surface area contributed by atoms with E-state index in [0.29, 0.717) is 18.1 Å². The molecule has 0 atom stereocenters. The van der Waals surface area contributed by atoms with E-state index in [-0.39, 0.29) is 17.5 Å². The summed E-state index contributed by atoms with van der Waals surface area (Å²) in [6.07, 6.45) is 1.14. The molecule has 26 heavy (non-hydrogen) atoms. The Bertz CT molecular complexity index is 992. The first kappa shape index (κ1) is 17.4. The van der Waals surface area contributed by atoms with Crippen LogP contribution in [0, 0.1) is 17.0 Å². The molecule has 1 aromatic carbocycles. The van der Waals surface area contributed by atoms with E-state index in [0.717, 1.165) is 22.7 Å². The van der Waals surface area contributed by atoms with Crippen LogP contribution in [0.1, 0.15) is 23.0 Å². The van der Waals surface area contributed by atoms with Gasteiger partial charge in [0.15, 0.2) is 0 Å². The second-order valence-corrected chi connectivity index (χ2v) is 5.64. The molecule has 0 aliphatic rings. The highest BCUT2D eigenvalue weighted by atomic mass is 16.6. The predicted octanol–water partition coefficient (Wildman–Crippen LogP) is 3.76. The predicted molar refractivity (Wildman–Crippen MR) is 94.6 cm³/mol. The van der Waals surface area contributed by atoms with E-state index < -0.39 is 4.92 Å². The average Bonchev–Trinajstić information content (AvgIpc) is 2.96. The van der Waals surface area contributed by atoms with Crippen LogP contribution in [0.25, 0.3) is 10.9 Å². The summed E-state index contributed by atoms with van der Waals surface area (Å²) in [7, 11) is 1.80. The maximum atomic E-state index is 12.1. The fourth-order valence-electron chi connectivity index (χ4n) is 2.70. The van der Waals surface area contributed by atoms with Crippen LogP contribution < -0.4 is 4.74 Å². The van der Waals surface area contributed by atoms with Crippen LogP contribution in [0.2, 0.25) is 0 Å². The van der Waals surface area contributed by atoms with Gasteiger partial charge in [0.1, 0.15) is 17.6 Å². The minimum absolute atomic E-state index is 0.105. The van der Waals surface area contributed by atoms with Crippen LogP contribution in [0.15, 0.2) is 36.5 Å². The lowest BCUT2D eigenvalue weighted by molar-refractivity contribution is -0.385. The topological polar surface area (TPSA) is 96.5 Å². The summed E-state index contributed by atoms with van der Waals surface area (Å²) >= 11 is 0. The molecule has 3 rings (SSSR count). The van der Waals surface area contributed by atoms with Crippen molar-refractivity contribution in [3.05, 3.63) is 57.9 Å². The first-order valence-corrected chi connectivity index (χ1v) is 7.96. The van der Waals surface area contributed by atoms with E-state index >= 15 is 0 Å². The highest BCUT2D eigenvalue weighted by Crippen LogP contribution is 2.32. The van der Waals surface area contributed by atoms with Gasteiger partial charge < -0.3 is 14.0 Å². The number of aromatic nitrogens is 2. The Morgan fingerprint density at radius 3 is 2.69 bits per heavy atom. The molecule has 0 bridgehead atoms. The molecule has 134 valence electrons. The van der Waals surface area contributed by atoms with E-state index in [1.807, 2.05) is 13.0 Å². The third-order valence-corrected chi connectivity index (χ3v) is 4.08. The van der Waals surface area contributed by atoms with E-state index in [4.69, 9.17) is 9.47 Å². The summed E-state index contributed by atoms with van der Waals surface area (Å²) < 4.78 is 12.6. The summed E-state index contributed by atoms with van der Waals surface area (Å²) in [6.45, 7) is 3.94. The van der Waals surface area contributed by atoms with Gasteiger partial charge in [0, 0.05) is 35.6 Å². The van der Waals surface area contributed by atoms with Crippen molar-refractivity contribution in [2.24, 2.45) is 7.05 Å². The average molecular weight is 355 g/mol. The Kier molecular flexibility index (Phi) is 4.57. The van der Waals surface area contributed by atoms with Crippen molar-refractivity contribution in [3.8, 4) is 11.6 Å². The van der Waals surface area contributed by atoms with Gasteiger partial charge in [-0.25, -0.2) is 9.78 Å². The third-order valence-electron chi connectivity index (χ3n) is 4.08. The zero-order valence-electron chi connectivity index (χ0n) is 14.6. The zero-order valence-corrected chi connectivity index (χ0v) is 14.6. The number of pyridine rings is 1. The molecular formula is C18H17N3O5. The Labute approximate surface area is 149 Å². The first-order valence-electron chi connectivity index (χ1n) is 7.96. The van der Waals surface area contributed by atoms with Crippen LogP contribution >= 0.6 is 0 Å². The van der Waals surface area contributed by atoms with E-state index in [2.05, 4.69) is 4.98 Å². The largest absolute Gasteiger partial charge is 0.461 e. The number of nitrogens with zero attached hydrogens (tertiary/aromatic N) is 3. The number of rotatable bonds is 5. The molecule has 0 saturated carbocycles. The number of hydrogen-bond acceptors (Lipinski definition) is 6. The molecule has 8 heteroatoms. The van der Waals surface area contributed by atoms with Gasteiger partial charge >= 0.3 is 5.97 Å². The van der Waals surface area contributed by atoms with Gasteiger partial charge in [-0.15, -0.1) is 0 Å². The molecule has 0 fully saturated rings. The Hall–Kier alpha value is -3.42. The second kappa shape index (κ2) is 6.83. The van der Waals surface area contributed by atoms with Crippen molar-refractivity contribution in [1.82, 2.24) is 9.55 Å². The molecule has 2 heterocycles. The number of ether oxygens (including phenoxy) is 2. The molecule has 2 aromatic heterocycles. The normalized spacial score (nSPS) is 10.7.